The number of hydrogen-bond donors (Lipinski definition) is 2. The molecule has 0 amide bonds. The Morgan fingerprint density at radius 1 is 1.50 bits per heavy atom. The van der Waals surface area contributed by atoms with Crippen LogP contribution in [-0.4, -0.2) is 16.6 Å². The van der Waals surface area contributed by atoms with Gasteiger partial charge in [-0.15, -0.1) is 12.4 Å². The van der Waals surface area contributed by atoms with Crippen LogP contribution in [0.4, 0.5) is 5.69 Å². The summed E-state index contributed by atoms with van der Waals surface area (Å²) in [4.78, 5) is 9.78. The highest BCUT2D eigenvalue weighted by molar-refractivity contribution is 5.85. The molecule has 1 aromatic carbocycles. The number of nitrogens with two attached hydrogens (primary N) is 1. The molecule has 0 spiro atoms. The van der Waals surface area contributed by atoms with Crippen molar-refractivity contribution in [3.05, 3.63) is 33.9 Å². The Balaban J connectivity index is 0.00000169. The summed E-state index contributed by atoms with van der Waals surface area (Å²) < 4.78 is 0. The first-order valence-corrected chi connectivity index (χ1v) is 3.81. The van der Waals surface area contributed by atoms with Gasteiger partial charge in [0.15, 0.2) is 5.75 Å². The number of phenolic OH excluding ortho intramolecular Hbond substituents is 1. The van der Waals surface area contributed by atoms with E-state index in [-0.39, 0.29) is 23.8 Å². The average Bonchev–Trinajstić information content (AvgIpc) is 2.08. The molecule has 0 heterocycles. The minimum absolute atomic E-state index is 0. The van der Waals surface area contributed by atoms with Crippen molar-refractivity contribution in [1.82, 2.24) is 0 Å². The van der Waals surface area contributed by atoms with Gasteiger partial charge in [0.1, 0.15) is 0 Å². The Morgan fingerprint density at radius 2 is 2.14 bits per heavy atom. The number of rotatable bonds is 3. The fraction of sp³-hybridized carbons (Fsp3) is 0.250. The van der Waals surface area contributed by atoms with Gasteiger partial charge in [-0.3, -0.25) is 10.1 Å². The first-order valence-electron chi connectivity index (χ1n) is 3.81. The zero-order valence-electron chi connectivity index (χ0n) is 7.34. The van der Waals surface area contributed by atoms with Gasteiger partial charge in [0, 0.05) is 6.07 Å². The molecule has 0 unspecified atom stereocenters. The lowest BCUT2D eigenvalue weighted by Gasteiger charge is -1.99. The van der Waals surface area contributed by atoms with E-state index in [1.807, 2.05) is 0 Å². The highest BCUT2D eigenvalue weighted by Gasteiger charge is 2.12. The molecule has 0 saturated heterocycles. The second-order valence-corrected chi connectivity index (χ2v) is 2.62. The smallest absolute Gasteiger partial charge is 0.310 e. The van der Waals surface area contributed by atoms with Crippen molar-refractivity contribution in [1.29, 1.82) is 0 Å². The number of halogens is 1. The Morgan fingerprint density at radius 3 is 2.64 bits per heavy atom. The van der Waals surface area contributed by atoms with Gasteiger partial charge < -0.3 is 10.8 Å². The highest BCUT2D eigenvalue weighted by Crippen LogP contribution is 2.26. The summed E-state index contributed by atoms with van der Waals surface area (Å²) in [5.41, 5.74) is 5.78. The largest absolute Gasteiger partial charge is 0.502 e. The van der Waals surface area contributed by atoms with E-state index in [9.17, 15) is 10.1 Å². The fourth-order valence-corrected chi connectivity index (χ4v) is 1.04. The van der Waals surface area contributed by atoms with Crippen LogP contribution in [0.2, 0.25) is 0 Å². The standard InChI is InChI=1S/C8H10N2O3.ClH/c9-4-3-6-1-2-8(11)7(5-6)10(12)13;/h1-2,5,11H,3-4,9H2;1H. The first kappa shape index (κ1) is 12.7. The topological polar surface area (TPSA) is 89.4 Å². The predicted molar refractivity (Wildman–Crippen MR) is 54.8 cm³/mol. The predicted octanol–water partition coefficient (Wildman–Crippen LogP) is 1.22. The molecule has 0 radical (unpaired) electrons. The van der Waals surface area contributed by atoms with Gasteiger partial charge in [-0.2, -0.15) is 0 Å². The fourth-order valence-electron chi connectivity index (χ4n) is 1.04. The summed E-state index contributed by atoms with van der Waals surface area (Å²) in [5.74, 6) is -0.314. The van der Waals surface area contributed by atoms with Crippen molar-refractivity contribution in [3.63, 3.8) is 0 Å². The van der Waals surface area contributed by atoms with Crippen molar-refractivity contribution < 1.29 is 10.0 Å². The molecule has 0 aliphatic heterocycles. The van der Waals surface area contributed by atoms with Crippen molar-refractivity contribution in [2.75, 3.05) is 6.54 Å². The number of phenols is 1. The van der Waals surface area contributed by atoms with E-state index in [2.05, 4.69) is 0 Å². The zero-order chi connectivity index (χ0) is 9.84. The van der Waals surface area contributed by atoms with Gasteiger partial charge in [0.2, 0.25) is 0 Å². The van der Waals surface area contributed by atoms with E-state index in [4.69, 9.17) is 10.8 Å². The Bertz CT molecular complexity index is 330. The van der Waals surface area contributed by atoms with Gasteiger partial charge >= 0.3 is 5.69 Å². The molecule has 5 nitrogen and oxygen atoms in total. The monoisotopic (exact) mass is 218 g/mol. The van der Waals surface area contributed by atoms with Gasteiger partial charge in [-0.1, -0.05) is 6.07 Å². The van der Waals surface area contributed by atoms with Gasteiger partial charge in [-0.25, -0.2) is 0 Å². The molecule has 14 heavy (non-hydrogen) atoms. The summed E-state index contributed by atoms with van der Waals surface area (Å²) in [6.45, 7) is 0.432. The lowest BCUT2D eigenvalue weighted by atomic mass is 10.1. The third-order valence-corrected chi connectivity index (χ3v) is 1.67. The lowest BCUT2D eigenvalue weighted by molar-refractivity contribution is -0.385. The summed E-state index contributed by atoms with van der Waals surface area (Å²) >= 11 is 0. The first-order chi connectivity index (χ1) is 6.15. The second-order valence-electron chi connectivity index (χ2n) is 2.62. The van der Waals surface area contributed by atoms with E-state index in [0.29, 0.717) is 13.0 Å². The van der Waals surface area contributed by atoms with Crippen molar-refractivity contribution >= 4 is 18.1 Å². The molecule has 0 bridgehead atoms. The molecule has 0 aliphatic rings. The maximum Gasteiger partial charge on any atom is 0.310 e. The summed E-state index contributed by atoms with van der Waals surface area (Å²) in [6, 6.07) is 4.26. The number of benzene rings is 1. The Labute approximate surface area is 87.1 Å². The molecule has 78 valence electrons. The van der Waals surface area contributed by atoms with Crippen LogP contribution >= 0.6 is 12.4 Å². The quantitative estimate of drug-likeness (QED) is 0.590. The molecule has 6 heteroatoms. The van der Waals surface area contributed by atoms with Gasteiger partial charge in [0.05, 0.1) is 4.92 Å². The van der Waals surface area contributed by atoms with Crippen LogP contribution in [0.3, 0.4) is 0 Å². The third-order valence-electron chi connectivity index (χ3n) is 1.67. The minimum atomic E-state index is -0.616. The zero-order valence-corrected chi connectivity index (χ0v) is 8.16. The Kier molecular flexibility index (Phi) is 4.90. The number of aromatic hydroxyl groups is 1. The lowest BCUT2D eigenvalue weighted by Crippen LogP contribution is -2.02. The normalized spacial score (nSPS) is 9.21. The Hall–Kier alpha value is -1.33. The van der Waals surface area contributed by atoms with E-state index >= 15 is 0 Å². The number of hydrogen-bond acceptors (Lipinski definition) is 4. The molecule has 0 fully saturated rings. The summed E-state index contributed by atoms with van der Waals surface area (Å²) in [6.07, 6.45) is 0.571. The average molecular weight is 219 g/mol. The molecule has 1 rings (SSSR count). The van der Waals surface area contributed by atoms with Crippen LogP contribution < -0.4 is 5.73 Å². The van der Waals surface area contributed by atoms with Crippen LogP contribution in [0.5, 0.6) is 5.75 Å². The number of nitrogens with zero attached hydrogens (tertiary/aromatic N) is 1. The van der Waals surface area contributed by atoms with Crippen LogP contribution in [0, 0.1) is 10.1 Å². The summed E-state index contributed by atoms with van der Waals surface area (Å²) in [7, 11) is 0. The van der Waals surface area contributed by atoms with Crippen LogP contribution in [0.25, 0.3) is 0 Å². The molecule has 3 N–H and O–H groups in total. The van der Waals surface area contributed by atoms with Crippen molar-refractivity contribution in [2.45, 2.75) is 6.42 Å². The van der Waals surface area contributed by atoms with Crippen LogP contribution in [0.1, 0.15) is 5.56 Å². The van der Waals surface area contributed by atoms with Crippen LogP contribution in [0.15, 0.2) is 18.2 Å². The van der Waals surface area contributed by atoms with Gasteiger partial charge in [0.25, 0.3) is 0 Å². The van der Waals surface area contributed by atoms with E-state index in [1.165, 1.54) is 12.1 Å². The van der Waals surface area contributed by atoms with Crippen molar-refractivity contribution in [3.8, 4) is 5.75 Å². The van der Waals surface area contributed by atoms with Gasteiger partial charge in [-0.05, 0) is 24.6 Å². The minimum Gasteiger partial charge on any atom is -0.502 e. The molecule has 1 aromatic rings. The van der Waals surface area contributed by atoms with E-state index in [1.54, 1.807) is 6.07 Å². The third kappa shape index (κ3) is 2.86. The van der Waals surface area contributed by atoms with E-state index < -0.39 is 4.92 Å². The molecule has 0 aromatic heterocycles. The highest BCUT2D eigenvalue weighted by atomic mass is 35.5. The molecule has 0 atom stereocenters. The molecule has 0 saturated carbocycles. The number of nitro benzene ring substituents is 1. The summed E-state index contributed by atoms with van der Waals surface area (Å²) in [5, 5.41) is 19.5. The maximum atomic E-state index is 10.4. The molecular weight excluding hydrogens is 208 g/mol. The second kappa shape index (κ2) is 5.41. The number of nitro groups is 1. The molecular formula is C8H11ClN2O3. The van der Waals surface area contributed by atoms with Crippen molar-refractivity contribution in [2.24, 2.45) is 5.73 Å². The molecule has 0 aliphatic carbocycles. The van der Waals surface area contributed by atoms with Crippen LogP contribution in [-0.2, 0) is 6.42 Å². The SMILES string of the molecule is Cl.NCCc1ccc(O)c([N+](=O)[O-])c1. The maximum absolute atomic E-state index is 10.4. The van der Waals surface area contributed by atoms with E-state index in [0.717, 1.165) is 5.56 Å².